The second-order valence-electron chi connectivity index (χ2n) is 9.57. The van der Waals surface area contributed by atoms with Gasteiger partial charge in [0.2, 0.25) is 17.7 Å². The molecule has 1 aliphatic rings. The molecule has 39 heavy (non-hydrogen) atoms. The van der Waals surface area contributed by atoms with Crippen LogP contribution in [0, 0.1) is 0 Å². The van der Waals surface area contributed by atoms with Crippen LogP contribution in [0.3, 0.4) is 0 Å². The zero-order valence-corrected chi connectivity index (χ0v) is 21.5. The standard InChI is InChI=1S/C28H34N4O7/c29-20(16-18-8-3-1-4-9-18)25(35)31-22(17-19-10-5-2-6-11-19)26(36)30-21(13-14-24(33)34)27(37)32-15-7-12-23(32)28(38)39/h1-6,8-11,20-23H,7,12-17,29H2,(H,30,36)(H,31,35)(H,33,34)(H,38,39). The molecule has 1 heterocycles. The van der Waals surface area contributed by atoms with Crippen LogP contribution in [0.1, 0.15) is 36.8 Å². The van der Waals surface area contributed by atoms with Crippen molar-refractivity contribution in [2.45, 2.75) is 62.7 Å². The van der Waals surface area contributed by atoms with Crippen molar-refractivity contribution in [3.63, 3.8) is 0 Å². The SMILES string of the molecule is NC(Cc1ccccc1)C(=O)NC(Cc1ccccc1)C(=O)NC(CCC(=O)O)C(=O)N1CCCC1C(=O)O. The lowest BCUT2D eigenvalue weighted by Gasteiger charge is -2.29. The molecule has 208 valence electrons. The van der Waals surface area contributed by atoms with Crippen molar-refractivity contribution in [3.05, 3.63) is 71.8 Å². The van der Waals surface area contributed by atoms with Crippen molar-refractivity contribution in [1.29, 1.82) is 0 Å². The Morgan fingerprint density at radius 2 is 1.41 bits per heavy atom. The Hall–Kier alpha value is -4.25. The van der Waals surface area contributed by atoms with Gasteiger partial charge in [-0.25, -0.2) is 4.79 Å². The van der Waals surface area contributed by atoms with Crippen LogP contribution in [0.25, 0.3) is 0 Å². The Bertz CT molecular complexity index is 1160. The molecule has 6 N–H and O–H groups in total. The van der Waals surface area contributed by atoms with Gasteiger partial charge in [-0.2, -0.15) is 0 Å². The van der Waals surface area contributed by atoms with E-state index in [1.54, 1.807) is 24.3 Å². The summed E-state index contributed by atoms with van der Waals surface area (Å²) in [4.78, 5) is 63.7. The summed E-state index contributed by atoms with van der Waals surface area (Å²) >= 11 is 0. The van der Waals surface area contributed by atoms with Gasteiger partial charge >= 0.3 is 11.9 Å². The van der Waals surface area contributed by atoms with E-state index in [4.69, 9.17) is 5.73 Å². The molecule has 0 saturated carbocycles. The number of carbonyl (C=O) groups is 5. The van der Waals surface area contributed by atoms with Gasteiger partial charge in [-0.05, 0) is 36.8 Å². The molecule has 0 aromatic heterocycles. The van der Waals surface area contributed by atoms with Crippen LogP contribution in [-0.2, 0) is 36.8 Å². The highest BCUT2D eigenvalue weighted by Crippen LogP contribution is 2.20. The molecule has 11 nitrogen and oxygen atoms in total. The van der Waals surface area contributed by atoms with Gasteiger partial charge in [0.1, 0.15) is 18.1 Å². The van der Waals surface area contributed by atoms with Crippen LogP contribution in [0.15, 0.2) is 60.7 Å². The Morgan fingerprint density at radius 3 is 1.97 bits per heavy atom. The molecule has 2 aromatic rings. The number of carboxylic acids is 2. The van der Waals surface area contributed by atoms with E-state index in [2.05, 4.69) is 10.6 Å². The Kier molecular flexibility index (Phi) is 10.6. The van der Waals surface area contributed by atoms with Gasteiger partial charge in [-0.1, -0.05) is 60.7 Å². The minimum absolute atomic E-state index is 0.0950. The van der Waals surface area contributed by atoms with Crippen LogP contribution < -0.4 is 16.4 Å². The molecule has 3 amide bonds. The van der Waals surface area contributed by atoms with E-state index in [0.29, 0.717) is 6.42 Å². The van der Waals surface area contributed by atoms with Crippen molar-refractivity contribution < 1.29 is 34.2 Å². The monoisotopic (exact) mass is 538 g/mol. The highest BCUT2D eigenvalue weighted by atomic mass is 16.4. The van der Waals surface area contributed by atoms with Gasteiger partial charge < -0.3 is 31.5 Å². The smallest absolute Gasteiger partial charge is 0.326 e. The van der Waals surface area contributed by atoms with Crippen molar-refractivity contribution >= 4 is 29.7 Å². The lowest BCUT2D eigenvalue weighted by atomic mass is 10.0. The van der Waals surface area contributed by atoms with E-state index < -0.39 is 60.2 Å². The third-order valence-corrected chi connectivity index (χ3v) is 6.63. The van der Waals surface area contributed by atoms with Crippen LogP contribution in [0.5, 0.6) is 0 Å². The van der Waals surface area contributed by atoms with Crippen LogP contribution in [-0.4, -0.2) is 75.5 Å². The third-order valence-electron chi connectivity index (χ3n) is 6.63. The first kappa shape index (κ1) is 29.3. The molecule has 4 unspecified atom stereocenters. The lowest BCUT2D eigenvalue weighted by molar-refractivity contribution is -0.150. The fourth-order valence-electron chi connectivity index (χ4n) is 4.58. The number of hydrogen-bond acceptors (Lipinski definition) is 6. The van der Waals surface area contributed by atoms with Crippen LogP contribution in [0.4, 0.5) is 0 Å². The molecule has 1 aliphatic heterocycles. The van der Waals surface area contributed by atoms with E-state index in [1.165, 1.54) is 0 Å². The predicted molar refractivity (Wildman–Crippen MR) is 141 cm³/mol. The number of nitrogens with two attached hydrogens (primary N) is 1. The Morgan fingerprint density at radius 1 is 0.846 bits per heavy atom. The van der Waals surface area contributed by atoms with E-state index in [9.17, 15) is 34.2 Å². The first-order chi connectivity index (χ1) is 18.7. The van der Waals surface area contributed by atoms with Gasteiger partial charge in [-0.15, -0.1) is 0 Å². The molecular formula is C28H34N4O7. The van der Waals surface area contributed by atoms with Gasteiger partial charge in [0.15, 0.2) is 0 Å². The summed E-state index contributed by atoms with van der Waals surface area (Å²) in [6, 6.07) is 13.7. The first-order valence-corrected chi connectivity index (χ1v) is 12.8. The maximum atomic E-state index is 13.5. The number of likely N-dealkylation sites (tertiary alicyclic amines) is 1. The molecule has 0 spiro atoms. The number of carboxylic acid groups (broad SMARTS) is 2. The third kappa shape index (κ3) is 8.64. The molecule has 3 rings (SSSR count). The zero-order valence-electron chi connectivity index (χ0n) is 21.5. The van der Waals surface area contributed by atoms with Gasteiger partial charge in [0, 0.05) is 19.4 Å². The van der Waals surface area contributed by atoms with E-state index in [0.717, 1.165) is 16.0 Å². The molecule has 0 bridgehead atoms. The molecular weight excluding hydrogens is 504 g/mol. The minimum Gasteiger partial charge on any atom is -0.481 e. The number of carbonyl (C=O) groups excluding carboxylic acids is 3. The van der Waals surface area contributed by atoms with Crippen LogP contribution >= 0.6 is 0 Å². The summed E-state index contributed by atoms with van der Waals surface area (Å²) < 4.78 is 0. The summed E-state index contributed by atoms with van der Waals surface area (Å²) in [5, 5.41) is 23.9. The molecule has 11 heteroatoms. The first-order valence-electron chi connectivity index (χ1n) is 12.8. The van der Waals surface area contributed by atoms with E-state index >= 15 is 0 Å². The van der Waals surface area contributed by atoms with Crippen molar-refractivity contribution in [2.24, 2.45) is 5.73 Å². The molecule has 1 fully saturated rings. The molecule has 1 saturated heterocycles. The van der Waals surface area contributed by atoms with Crippen molar-refractivity contribution in [1.82, 2.24) is 15.5 Å². The topological polar surface area (TPSA) is 179 Å². The minimum atomic E-state index is -1.28. The second-order valence-corrected chi connectivity index (χ2v) is 9.57. The largest absolute Gasteiger partial charge is 0.481 e. The lowest BCUT2D eigenvalue weighted by Crippen LogP contribution is -2.57. The molecule has 2 aromatic carbocycles. The van der Waals surface area contributed by atoms with Crippen molar-refractivity contribution in [2.75, 3.05) is 6.54 Å². The summed E-state index contributed by atoms with van der Waals surface area (Å²) in [7, 11) is 0. The van der Waals surface area contributed by atoms with Gasteiger partial charge in [-0.3, -0.25) is 19.2 Å². The quantitative estimate of drug-likeness (QED) is 0.247. The summed E-state index contributed by atoms with van der Waals surface area (Å²) in [5.41, 5.74) is 7.72. The highest BCUT2D eigenvalue weighted by Gasteiger charge is 2.38. The van der Waals surface area contributed by atoms with E-state index in [1.807, 2.05) is 36.4 Å². The number of aliphatic carboxylic acids is 2. The number of nitrogens with zero attached hydrogens (tertiary/aromatic N) is 1. The summed E-state index contributed by atoms with van der Waals surface area (Å²) in [6.45, 7) is 0.188. The number of benzene rings is 2. The van der Waals surface area contributed by atoms with Gasteiger partial charge in [0.25, 0.3) is 0 Å². The van der Waals surface area contributed by atoms with E-state index in [-0.39, 0.29) is 32.2 Å². The highest BCUT2D eigenvalue weighted by molar-refractivity contribution is 5.94. The normalized spacial score (nSPS) is 17.1. The number of rotatable bonds is 13. The molecule has 4 atom stereocenters. The Labute approximate surface area is 226 Å². The summed E-state index contributed by atoms with van der Waals surface area (Å²) in [6.07, 6.45) is 0.443. The maximum absolute atomic E-state index is 13.5. The number of hydrogen-bond donors (Lipinski definition) is 5. The summed E-state index contributed by atoms with van der Waals surface area (Å²) in [5.74, 6) is -4.26. The molecule has 0 aliphatic carbocycles. The molecule has 0 radical (unpaired) electrons. The van der Waals surface area contributed by atoms with Crippen molar-refractivity contribution in [3.8, 4) is 0 Å². The zero-order chi connectivity index (χ0) is 28.4. The number of nitrogens with one attached hydrogen (secondary N) is 2. The van der Waals surface area contributed by atoms with Gasteiger partial charge in [0.05, 0.1) is 6.04 Å². The fraction of sp³-hybridized carbons (Fsp3) is 0.393. The fourth-order valence-corrected chi connectivity index (χ4v) is 4.58. The number of amides is 3. The second kappa shape index (κ2) is 14.1. The maximum Gasteiger partial charge on any atom is 0.326 e. The average Bonchev–Trinajstić information content (AvgIpc) is 3.41. The van der Waals surface area contributed by atoms with Crippen LogP contribution in [0.2, 0.25) is 0 Å². The Balaban J connectivity index is 1.78. The average molecular weight is 539 g/mol. The predicted octanol–water partition coefficient (Wildman–Crippen LogP) is 0.709.